The van der Waals surface area contributed by atoms with Gasteiger partial charge in [0.05, 0.1) is 17.3 Å². The van der Waals surface area contributed by atoms with Crippen LogP contribution in [0.1, 0.15) is 21.5 Å². The number of thiophene rings is 2. The molecule has 0 saturated carbocycles. The van der Waals surface area contributed by atoms with E-state index < -0.39 is 0 Å². The van der Waals surface area contributed by atoms with Crippen LogP contribution < -0.4 is 11.1 Å². The molecule has 0 atom stereocenters. The summed E-state index contributed by atoms with van der Waals surface area (Å²) in [7, 11) is 0. The Balaban J connectivity index is 1.90. The quantitative estimate of drug-likeness (QED) is 0.803. The highest BCUT2D eigenvalue weighted by molar-refractivity contribution is 7.18. The smallest absolute Gasteiger partial charge is 0.350 e. The standard InChI is InChI=1S/C13H16N2O2S2/c1-2-17-13(16)12-10(14)8-11(19-12)15-6-5-9-4-3-7-18-9/h3-4,7-8,15H,2,5-6,14H2,1H3. The van der Waals surface area contributed by atoms with Crippen LogP contribution in [0, 0.1) is 0 Å². The molecule has 0 aliphatic heterocycles. The Bertz CT molecular complexity index is 535. The number of nitrogens with two attached hydrogens (primary N) is 1. The van der Waals surface area contributed by atoms with E-state index >= 15 is 0 Å². The van der Waals surface area contributed by atoms with E-state index in [1.807, 2.05) is 6.07 Å². The highest BCUT2D eigenvalue weighted by Crippen LogP contribution is 2.29. The van der Waals surface area contributed by atoms with Gasteiger partial charge in [0.15, 0.2) is 0 Å². The summed E-state index contributed by atoms with van der Waals surface area (Å²) in [4.78, 5) is 13.4. The molecule has 0 bridgehead atoms. The second-order valence-corrected chi connectivity index (χ2v) is 5.96. The van der Waals surface area contributed by atoms with Gasteiger partial charge in [-0.15, -0.1) is 22.7 Å². The Kier molecular flexibility index (Phi) is 4.81. The van der Waals surface area contributed by atoms with Gasteiger partial charge in [0, 0.05) is 11.4 Å². The summed E-state index contributed by atoms with van der Waals surface area (Å²) in [6.07, 6.45) is 0.963. The topological polar surface area (TPSA) is 64.3 Å². The number of rotatable bonds is 6. The summed E-state index contributed by atoms with van der Waals surface area (Å²) >= 11 is 3.08. The minimum Gasteiger partial charge on any atom is -0.462 e. The van der Waals surface area contributed by atoms with Crippen molar-refractivity contribution in [3.63, 3.8) is 0 Å². The van der Waals surface area contributed by atoms with E-state index in [9.17, 15) is 4.79 Å². The molecular formula is C13H16N2O2S2. The molecule has 0 aliphatic carbocycles. The Hall–Kier alpha value is -1.53. The first-order valence-corrected chi connectivity index (χ1v) is 7.73. The fourth-order valence-electron chi connectivity index (χ4n) is 1.61. The van der Waals surface area contributed by atoms with E-state index in [-0.39, 0.29) is 5.97 Å². The molecule has 2 aromatic heterocycles. The normalized spacial score (nSPS) is 10.4. The second kappa shape index (κ2) is 6.58. The predicted molar refractivity (Wildman–Crippen MR) is 81.2 cm³/mol. The first-order valence-electron chi connectivity index (χ1n) is 6.03. The number of hydrogen-bond donors (Lipinski definition) is 2. The largest absolute Gasteiger partial charge is 0.462 e. The predicted octanol–water partition coefficient (Wildman–Crippen LogP) is 3.22. The van der Waals surface area contributed by atoms with Crippen LogP contribution >= 0.6 is 22.7 Å². The maximum Gasteiger partial charge on any atom is 0.350 e. The highest BCUT2D eigenvalue weighted by atomic mass is 32.1. The van der Waals surface area contributed by atoms with Crippen molar-refractivity contribution in [2.45, 2.75) is 13.3 Å². The number of ether oxygens (including phenoxy) is 1. The van der Waals surface area contributed by atoms with Crippen LogP contribution in [0.2, 0.25) is 0 Å². The zero-order valence-electron chi connectivity index (χ0n) is 10.6. The van der Waals surface area contributed by atoms with Crippen LogP contribution in [0.25, 0.3) is 0 Å². The van der Waals surface area contributed by atoms with Crippen LogP contribution in [0.15, 0.2) is 23.6 Å². The molecule has 102 valence electrons. The first kappa shape index (κ1) is 13.9. The molecule has 0 saturated heterocycles. The number of carbonyl (C=O) groups excluding carboxylic acids is 1. The summed E-state index contributed by atoms with van der Waals surface area (Å²) in [5.41, 5.74) is 6.28. The second-order valence-electron chi connectivity index (χ2n) is 3.87. The summed E-state index contributed by atoms with van der Waals surface area (Å²) in [6.45, 7) is 2.96. The van der Waals surface area contributed by atoms with Gasteiger partial charge in [-0.2, -0.15) is 0 Å². The van der Waals surface area contributed by atoms with Crippen molar-refractivity contribution in [2.75, 3.05) is 24.2 Å². The van der Waals surface area contributed by atoms with E-state index in [1.165, 1.54) is 16.2 Å². The van der Waals surface area contributed by atoms with Crippen molar-refractivity contribution in [1.82, 2.24) is 0 Å². The molecule has 0 aromatic carbocycles. The number of carbonyl (C=O) groups is 1. The lowest BCUT2D eigenvalue weighted by molar-refractivity contribution is 0.0533. The molecule has 0 radical (unpaired) electrons. The number of nitrogen functional groups attached to an aromatic ring is 1. The van der Waals surface area contributed by atoms with Gasteiger partial charge >= 0.3 is 5.97 Å². The van der Waals surface area contributed by atoms with Gasteiger partial charge in [-0.25, -0.2) is 4.79 Å². The monoisotopic (exact) mass is 296 g/mol. The number of hydrogen-bond acceptors (Lipinski definition) is 6. The molecule has 2 heterocycles. The van der Waals surface area contributed by atoms with Crippen LogP contribution in [0.3, 0.4) is 0 Å². The molecule has 19 heavy (non-hydrogen) atoms. The van der Waals surface area contributed by atoms with Crippen LogP contribution in [0.4, 0.5) is 10.7 Å². The third-order valence-electron chi connectivity index (χ3n) is 2.47. The molecular weight excluding hydrogens is 280 g/mol. The summed E-state index contributed by atoms with van der Waals surface area (Å²) < 4.78 is 4.95. The van der Waals surface area contributed by atoms with Gasteiger partial charge in [-0.1, -0.05) is 6.07 Å². The van der Waals surface area contributed by atoms with Gasteiger partial charge in [-0.05, 0) is 30.9 Å². The fourth-order valence-corrected chi connectivity index (χ4v) is 3.22. The van der Waals surface area contributed by atoms with E-state index in [0.29, 0.717) is 17.2 Å². The Morgan fingerprint density at radius 3 is 3.05 bits per heavy atom. The Labute approximate surface area is 120 Å². The summed E-state index contributed by atoms with van der Waals surface area (Å²) in [5, 5.41) is 6.25. The maximum atomic E-state index is 11.6. The van der Waals surface area contributed by atoms with Crippen LogP contribution in [-0.4, -0.2) is 19.1 Å². The fraction of sp³-hybridized carbons (Fsp3) is 0.308. The van der Waals surface area contributed by atoms with Crippen molar-refractivity contribution < 1.29 is 9.53 Å². The van der Waals surface area contributed by atoms with Gasteiger partial charge in [0.1, 0.15) is 4.88 Å². The van der Waals surface area contributed by atoms with Gasteiger partial charge in [0.2, 0.25) is 0 Å². The van der Waals surface area contributed by atoms with E-state index in [0.717, 1.165) is 18.0 Å². The molecule has 4 nitrogen and oxygen atoms in total. The minimum absolute atomic E-state index is 0.351. The molecule has 0 aliphatic rings. The molecule has 0 fully saturated rings. The summed E-state index contributed by atoms with van der Waals surface area (Å²) in [6, 6.07) is 5.94. The highest BCUT2D eigenvalue weighted by Gasteiger charge is 2.15. The molecule has 6 heteroatoms. The van der Waals surface area contributed by atoms with E-state index in [1.54, 1.807) is 24.3 Å². The number of anilines is 2. The minimum atomic E-state index is -0.351. The molecule has 2 rings (SSSR count). The zero-order chi connectivity index (χ0) is 13.7. The van der Waals surface area contributed by atoms with E-state index in [2.05, 4.69) is 16.8 Å². The first-order chi connectivity index (χ1) is 9.20. The Morgan fingerprint density at radius 1 is 1.53 bits per heavy atom. The lowest BCUT2D eigenvalue weighted by Gasteiger charge is -2.01. The third kappa shape index (κ3) is 3.71. The number of nitrogens with one attached hydrogen (secondary N) is 1. The molecule has 3 N–H and O–H groups in total. The van der Waals surface area contributed by atoms with Crippen molar-refractivity contribution in [3.8, 4) is 0 Å². The van der Waals surface area contributed by atoms with Gasteiger partial charge in [0.25, 0.3) is 0 Å². The van der Waals surface area contributed by atoms with Crippen molar-refractivity contribution >= 4 is 39.3 Å². The molecule has 2 aromatic rings. The average Bonchev–Trinajstić information content (AvgIpc) is 2.99. The SMILES string of the molecule is CCOC(=O)c1sc(NCCc2cccs2)cc1N. The number of esters is 1. The van der Waals surface area contributed by atoms with Gasteiger partial charge < -0.3 is 15.8 Å². The lowest BCUT2D eigenvalue weighted by atomic mass is 10.3. The molecule has 0 unspecified atom stereocenters. The Morgan fingerprint density at radius 2 is 2.37 bits per heavy atom. The van der Waals surface area contributed by atoms with Crippen LogP contribution in [-0.2, 0) is 11.2 Å². The van der Waals surface area contributed by atoms with Crippen molar-refractivity contribution in [2.24, 2.45) is 0 Å². The van der Waals surface area contributed by atoms with Crippen molar-refractivity contribution in [1.29, 1.82) is 0 Å². The molecule has 0 amide bonds. The zero-order valence-corrected chi connectivity index (χ0v) is 12.3. The summed E-state index contributed by atoms with van der Waals surface area (Å²) in [5.74, 6) is -0.351. The molecule has 0 spiro atoms. The van der Waals surface area contributed by atoms with Gasteiger partial charge in [-0.3, -0.25) is 0 Å². The lowest BCUT2D eigenvalue weighted by Crippen LogP contribution is -2.04. The van der Waals surface area contributed by atoms with E-state index in [4.69, 9.17) is 10.5 Å². The van der Waals surface area contributed by atoms with Crippen molar-refractivity contribution in [3.05, 3.63) is 33.3 Å². The van der Waals surface area contributed by atoms with Crippen LogP contribution in [0.5, 0.6) is 0 Å². The maximum absolute atomic E-state index is 11.6. The average molecular weight is 296 g/mol. The third-order valence-corrected chi connectivity index (χ3v) is 4.50.